The number of fused-ring (bicyclic) bond motifs is 1. The van der Waals surface area contributed by atoms with Crippen molar-refractivity contribution >= 4 is 30.8 Å². The Bertz CT molecular complexity index is 1550. The van der Waals surface area contributed by atoms with E-state index < -0.39 is 48.1 Å². The van der Waals surface area contributed by atoms with E-state index in [4.69, 9.17) is 0 Å². The number of rotatable bonds is 4. The van der Waals surface area contributed by atoms with Crippen LogP contribution in [-0.4, -0.2) is 37.0 Å². The number of benzene rings is 2. The Kier molecular flexibility index (Phi) is 5.09. The molecule has 2 heterocycles. The standard InChI is InChI=1S/C20H14F3N3O4S2/c1-31(27,28)19-24-12-15(20(21,22)23)18(25-19)17-11-13-7-5-6-10-16(13)26(17)32(29,30)14-8-3-2-4-9-14/h2-12H,1H3. The predicted molar refractivity (Wildman–Crippen MR) is 110 cm³/mol. The molecule has 0 fully saturated rings. The normalized spacial score (nSPS) is 12.9. The highest BCUT2D eigenvalue weighted by atomic mass is 32.2. The van der Waals surface area contributed by atoms with E-state index in [9.17, 15) is 30.0 Å². The van der Waals surface area contributed by atoms with Gasteiger partial charge in [0.1, 0.15) is 11.3 Å². The number of hydrogen-bond donors (Lipinski definition) is 0. The Morgan fingerprint density at radius 1 is 0.906 bits per heavy atom. The van der Waals surface area contributed by atoms with Crippen molar-refractivity contribution in [3.05, 3.63) is 72.4 Å². The fourth-order valence-electron chi connectivity index (χ4n) is 3.20. The minimum atomic E-state index is -4.97. The van der Waals surface area contributed by atoms with E-state index in [1.807, 2.05) is 0 Å². The van der Waals surface area contributed by atoms with Gasteiger partial charge in [0.15, 0.2) is 0 Å². The first-order chi connectivity index (χ1) is 14.9. The van der Waals surface area contributed by atoms with E-state index in [0.717, 1.165) is 10.2 Å². The maximum absolute atomic E-state index is 13.8. The zero-order chi connectivity index (χ0) is 23.3. The Balaban J connectivity index is 2.15. The molecule has 0 aliphatic heterocycles. The summed E-state index contributed by atoms with van der Waals surface area (Å²) in [5.74, 6) is 0. The molecule has 4 aromatic rings. The molecule has 0 spiro atoms. The van der Waals surface area contributed by atoms with Crippen molar-refractivity contribution in [2.24, 2.45) is 0 Å². The van der Waals surface area contributed by atoms with E-state index in [2.05, 4.69) is 9.97 Å². The second-order valence-corrected chi connectivity index (χ2v) is 10.6. The largest absolute Gasteiger partial charge is 0.420 e. The van der Waals surface area contributed by atoms with E-state index >= 15 is 0 Å². The number of para-hydroxylation sites is 1. The van der Waals surface area contributed by atoms with Crippen LogP contribution in [0.5, 0.6) is 0 Å². The summed E-state index contributed by atoms with van der Waals surface area (Å²) >= 11 is 0. The number of hydrogen-bond acceptors (Lipinski definition) is 6. The third-order valence-electron chi connectivity index (χ3n) is 4.59. The number of halogens is 3. The number of aromatic nitrogens is 3. The topological polar surface area (TPSA) is 99.0 Å². The second-order valence-electron chi connectivity index (χ2n) is 6.86. The maximum Gasteiger partial charge on any atom is 0.420 e. The molecule has 0 unspecified atom stereocenters. The average molecular weight is 481 g/mol. The summed E-state index contributed by atoms with van der Waals surface area (Å²) in [4.78, 5) is 6.81. The van der Waals surface area contributed by atoms with Crippen LogP contribution in [0.4, 0.5) is 13.2 Å². The molecule has 7 nitrogen and oxygen atoms in total. The number of nitrogens with zero attached hydrogens (tertiary/aromatic N) is 3. The number of alkyl halides is 3. The molecule has 0 aliphatic rings. The molecule has 0 radical (unpaired) electrons. The van der Waals surface area contributed by atoms with Crippen molar-refractivity contribution in [2.45, 2.75) is 16.2 Å². The summed E-state index contributed by atoms with van der Waals surface area (Å²) in [6, 6.07) is 14.5. The van der Waals surface area contributed by atoms with Crippen LogP contribution >= 0.6 is 0 Å². The highest BCUT2D eigenvalue weighted by Crippen LogP contribution is 2.39. The van der Waals surface area contributed by atoms with Crippen molar-refractivity contribution in [2.75, 3.05) is 6.26 Å². The van der Waals surface area contributed by atoms with Crippen molar-refractivity contribution in [1.29, 1.82) is 0 Å². The fraction of sp³-hybridized carbons (Fsp3) is 0.100. The molecule has 12 heteroatoms. The lowest BCUT2D eigenvalue weighted by molar-refractivity contribution is -0.137. The van der Waals surface area contributed by atoms with Crippen LogP contribution in [-0.2, 0) is 26.0 Å². The van der Waals surface area contributed by atoms with Gasteiger partial charge in [0, 0.05) is 17.8 Å². The molecule has 0 saturated carbocycles. The minimum absolute atomic E-state index is 0.110. The molecule has 0 amide bonds. The molecule has 166 valence electrons. The Morgan fingerprint density at radius 3 is 2.16 bits per heavy atom. The minimum Gasteiger partial charge on any atom is -0.232 e. The predicted octanol–water partition coefficient (Wildman–Crippen LogP) is 3.76. The molecule has 4 rings (SSSR count). The first kappa shape index (κ1) is 22.0. The van der Waals surface area contributed by atoms with Gasteiger partial charge < -0.3 is 0 Å². The Hall–Kier alpha value is -3.25. The van der Waals surface area contributed by atoms with Crippen molar-refractivity contribution in [3.63, 3.8) is 0 Å². The van der Waals surface area contributed by atoms with Crippen molar-refractivity contribution in [3.8, 4) is 11.4 Å². The lowest BCUT2D eigenvalue weighted by Gasteiger charge is -2.16. The van der Waals surface area contributed by atoms with Gasteiger partial charge in [0.2, 0.25) is 15.0 Å². The Morgan fingerprint density at radius 2 is 1.53 bits per heavy atom. The summed E-state index contributed by atoms with van der Waals surface area (Å²) in [5, 5.41) is -0.524. The highest BCUT2D eigenvalue weighted by molar-refractivity contribution is 7.90. The van der Waals surface area contributed by atoms with E-state index in [1.54, 1.807) is 12.1 Å². The second kappa shape index (κ2) is 7.41. The van der Waals surface area contributed by atoms with Crippen LogP contribution in [0.3, 0.4) is 0 Å². The van der Waals surface area contributed by atoms with E-state index in [1.165, 1.54) is 48.5 Å². The van der Waals surface area contributed by atoms with Gasteiger partial charge in [-0.3, -0.25) is 0 Å². The quantitative estimate of drug-likeness (QED) is 0.412. The van der Waals surface area contributed by atoms with Gasteiger partial charge in [0.05, 0.1) is 16.1 Å². The van der Waals surface area contributed by atoms with Crippen LogP contribution in [0.25, 0.3) is 22.3 Å². The first-order valence-electron chi connectivity index (χ1n) is 8.96. The van der Waals surface area contributed by atoms with Crippen LogP contribution in [0, 0.1) is 0 Å². The van der Waals surface area contributed by atoms with Crippen LogP contribution < -0.4 is 0 Å². The first-order valence-corrected chi connectivity index (χ1v) is 12.3. The maximum atomic E-state index is 13.8. The lowest BCUT2D eigenvalue weighted by atomic mass is 10.1. The van der Waals surface area contributed by atoms with Crippen LogP contribution in [0.15, 0.2) is 76.9 Å². The summed E-state index contributed by atoms with van der Waals surface area (Å²) in [7, 11) is -8.45. The zero-order valence-corrected chi connectivity index (χ0v) is 17.9. The van der Waals surface area contributed by atoms with Gasteiger partial charge in [-0.15, -0.1) is 0 Å². The molecule has 0 bridgehead atoms. The third-order valence-corrected chi connectivity index (χ3v) is 7.20. The van der Waals surface area contributed by atoms with E-state index in [0.29, 0.717) is 11.6 Å². The molecule has 0 atom stereocenters. The Labute approximate surface area is 181 Å². The van der Waals surface area contributed by atoms with Gasteiger partial charge in [-0.1, -0.05) is 36.4 Å². The van der Waals surface area contributed by atoms with Gasteiger partial charge in [0.25, 0.3) is 10.0 Å². The summed E-state index contributed by atoms with van der Waals surface area (Å²) in [6.45, 7) is 0. The zero-order valence-electron chi connectivity index (χ0n) is 16.3. The smallest absolute Gasteiger partial charge is 0.232 e. The summed E-state index contributed by atoms with van der Waals surface area (Å²) < 4.78 is 92.9. The summed E-state index contributed by atoms with van der Waals surface area (Å²) in [6.07, 6.45) is -3.88. The molecular weight excluding hydrogens is 467 g/mol. The molecule has 0 N–H and O–H groups in total. The van der Waals surface area contributed by atoms with Gasteiger partial charge in [-0.05, 0) is 24.3 Å². The van der Waals surface area contributed by atoms with Gasteiger partial charge in [-0.2, -0.15) is 13.2 Å². The summed E-state index contributed by atoms with van der Waals surface area (Å²) in [5.41, 5.74) is -2.55. The van der Waals surface area contributed by atoms with Crippen LogP contribution in [0.2, 0.25) is 0 Å². The molecule has 0 saturated heterocycles. The van der Waals surface area contributed by atoms with Crippen molar-refractivity contribution in [1.82, 2.24) is 13.9 Å². The molecule has 0 aliphatic carbocycles. The molecule has 2 aromatic carbocycles. The molecule has 32 heavy (non-hydrogen) atoms. The van der Waals surface area contributed by atoms with Gasteiger partial charge >= 0.3 is 6.18 Å². The third kappa shape index (κ3) is 3.75. The molecular formula is C20H14F3N3O4S2. The van der Waals surface area contributed by atoms with Crippen LogP contribution in [0.1, 0.15) is 5.56 Å². The van der Waals surface area contributed by atoms with Crippen molar-refractivity contribution < 1.29 is 30.0 Å². The van der Waals surface area contributed by atoms with E-state index in [-0.39, 0.29) is 10.4 Å². The SMILES string of the molecule is CS(=O)(=O)c1ncc(C(F)(F)F)c(-c2cc3ccccc3n2S(=O)(=O)c2ccccc2)n1. The average Bonchev–Trinajstić information content (AvgIpc) is 3.13. The lowest BCUT2D eigenvalue weighted by Crippen LogP contribution is -2.18. The highest BCUT2D eigenvalue weighted by Gasteiger charge is 2.38. The fourth-order valence-corrected chi connectivity index (χ4v) is 5.24. The molecule has 2 aromatic heterocycles. The monoisotopic (exact) mass is 481 g/mol. The number of sulfone groups is 1. The van der Waals surface area contributed by atoms with Gasteiger partial charge in [-0.25, -0.2) is 30.8 Å².